The summed E-state index contributed by atoms with van der Waals surface area (Å²) in [6, 6.07) is 23.0. The number of hydrogen-bond donors (Lipinski definition) is 0. The average Bonchev–Trinajstić information content (AvgIpc) is 2.83. The summed E-state index contributed by atoms with van der Waals surface area (Å²) in [7, 11) is -1.87. The molecule has 0 spiro atoms. The third kappa shape index (κ3) is 6.88. The first-order chi connectivity index (χ1) is 15.2. The number of rotatable bonds is 16. The van der Waals surface area contributed by atoms with E-state index in [0.29, 0.717) is 0 Å². The molecule has 0 aliphatic heterocycles. The highest BCUT2D eigenvalue weighted by atomic mass is 31.2. The van der Waals surface area contributed by atoms with Crippen molar-refractivity contribution in [2.24, 2.45) is 0 Å². The Morgan fingerprint density at radius 2 is 0.774 bits per heavy atom. The molecular formula is C28H46N2P+. The van der Waals surface area contributed by atoms with E-state index in [0.717, 1.165) is 0 Å². The normalized spacial score (nSPS) is 12.1. The minimum atomic E-state index is -1.87. The van der Waals surface area contributed by atoms with Gasteiger partial charge in [-0.15, -0.1) is 0 Å². The maximum atomic E-state index is 2.93. The number of unbranched alkanes of at least 4 members (excludes halogenated alkanes) is 4. The highest BCUT2D eigenvalue weighted by molar-refractivity contribution is 7.85. The van der Waals surface area contributed by atoms with Gasteiger partial charge in [0.2, 0.25) is 7.56 Å². The van der Waals surface area contributed by atoms with Gasteiger partial charge in [0, 0.05) is 26.2 Å². The maximum absolute atomic E-state index is 2.93. The van der Waals surface area contributed by atoms with Gasteiger partial charge in [-0.2, -0.15) is 9.34 Å². The van der Waals surface area contributed by atoms with E-state index in [4.69, 9.17) is 0 Å². The maximum Gasteiger partial charge on any atom is 0.218 e. The number of hydrogen-bond acceptors (Lipinski definition) is 2. The largest absolute Gasteiger partial charge is 0.218 e. The molecule has 2 aromatic carbocycles. The summed E-state index contributed by atoms with van der Waals surface area (Å²) in [5, 5.41) is 3.06. The SMILES string of the molecule is CCCCN(CCCC)[P+](c1ccccc1)(c1ccccc1)N(CCCC)CCCC. The highest BCUT2D eigenvalue weighted by Gasteiger charge is 2.54. The standard InChI is InChI=1S/C28H46N2P/c1-5-9-23-29(24-10-6-2)31(27-19-15-13-16-20-27,28-21-17-14-18-22-28)30(25-11-7-3)26-12-8-4/h13-22H,5-12,23-26H2,1-4H3/q+1. The summed E-state index contributed by atoms with van der Waals surface area (Å²) in [4.78, 5) is 0. The van der Waals surface area contributed by atoms with Gasteiger partial charge in [0.15, 0.2) is 0 Å². The number of benzene rings is 2. The van der Waals surface area contributed by atoms with Gasteiger partial charge in [0.05, 0.1) is 0 Å². The second kappa shape index (κ2) is 14.8. The third-order valence-electron chi connectivity index (χ3n) is 6.13. The Labute approximate surface area is 193 Å². The smallest absolute Gasteiger partial charge is 0.154 e. The third-order valence-corrected chi connectivity index (χ3v) is 10.6. The quantitative estimate of drug-likeness (QED) is 0.252. The Bertz CT molecular complexity index is 611. The lowest BCUT2D eigenvalue weighted by atomic mass is 10.3. The fraction of sp³-hybridized carbons (Fsp3) is 0.571. The summed E-state index contributed by atoms with van der Waals surface area (Å²) >= 11 is 0. The molecule has 0 aliphatic rings. The summed E-state index contributed by atoms with van der Waals surface area (Å²) in [6.45, 7) is 14.0. The van der Waals surface area contributed by atoms with Crippen LogP contribution in [0, 0.1) is 0 Å². The molecule has 0 aliphatic carbocycles. The van der Waals surface area contributed by atoms with E-state index in [2.05, 4.69) is 97.7 Å². The van der Waals surface area contributed by atoms with Crippen LogP contribution >= 0.6 is 7.56 Å². The first kappa shape index (κ1) is 26.0. The lowest BCUT2D eigenvalue weighted by molar-refractivity contribution is 0.360. The lowest BCUT2D eigenvalue weighted by Gasteiger charge is -2.43. The van der Waals surface area contributed by atoms with E-state index < -0.39 is 7.56 Å². The van der Waals surface area contributed by atoms with E-state index in [1.165, 1.54) is 88.2 Å². The zero-order valence-corrected chi connectivity index (χ0v) is 21.5. The summed E-state index contributed by atoms with van der Waals surface area (Å²) in [5.41, 5.74) is 0. The first-order valence-corrected chi connectivity index (χ1v) is 14.5. The minimum absolute atomic E-state index is 1.18. The van der Waals surface area contributed by atoms with Crippen molar-refractivity contribution < 1.29 is 0 Å². The van der Waals surface area contributed by atoms with Crippen LogP contribution in [-0.2, 0) is 0 Å². The number of nitrogens with zero attached hydrogens (tertiary/aromatic N) is 2. The molecule has 31 heavy (non-hydrogen) atoms. The zero-order chi connectivity index (χ0) is 22.4. The van der Waals surface area contributed by atoms with E-state index in [1.807, 2.05) is 0 Å². The van der Waals surface area contributed by atoms with Gasteiger partial charge in [0.1, 0.15) is 10.6 Å². The van der Waals surface area contributed by atoms with Gasteiger partial charge in [-0.1, -0.05) is 89.8 Å². The van der Waals surface area contributed by atoms with Crippen molar-refractivity contribution in [1.29, 1.82) is 0 Å². The molecule has 0 fully saturated rings. The van der Waals surface area contributed by atoms with Crippen LogP contribution in [0.15, 0.2) is 60.7 Å². The molecule has 0 radical (unpaired) electrons. The monoisotopic (exact) mass is 441 g/mol. The molecule has 172 valence electrons. The fourth-order valence-corrected chi connectivity index (χ4v) is 9.28. The van der Waals surface area contributed by atoms with Crippen LogP contribution in [0.5, 0.6) is 0 Å². The average molecular weight is 442 g/mol. The Hall–Kier alpha value is -1.21. The Balaban J connectivity index is 2.74. The molecule has 2 aromatic rings. The van der Waals surface area contributed by atoms with Crippen LogP contribution in [-0.4, -0.2) is 35.5 Å². The predicted molar refractivity (Wildman–Crippen MR) is 142 cm³/mol. The molecule has 0 aromatic heterocycles. The molecule has 2 nitrogen and oxygen atoms in total. The second-order valence-corrected chi connectivity index (χ2v) is 12.0. The first-order valence-electron chi connectivity index (χ1n) is 12.8. The van der Waals surface area contributed by atoms with Crippen LogP contribution in [0.1, 0.15) is 79.1 Å². The van der Waals surface area contributed by atoms with Crippen LogP contribution in [0.4, 0.5) is 0 Å². The second-order valence-electron chi connectivity index (χ2n) is 8.59. The molecule has 0 saturated carbocycles. The van der Waals surface area contributed by atoms with Crippen molar-refractivity contribution in [2.45, 2.75) is 79.1 Å². The summed E-state index contributed by atoms with van der Waals surface area (Å²) < 4.78 is 5.85. The van der Waals surface area contributed by atoms with Gasteiger partial charge in [-0.3, -0.25) is 0 Å². The predicted octanol–water partition coefficient (Wildman–Crippen LogP) is 7.29. The Morgan fingerprint density at radius 1 is 0.484 bits per heavy atom. The van der Waals surface area contributed by atoms with Crippen LogP contribution in [0.25, 0.3) is 0 Å². The molecule has 0 unspecified atom stereocenters. The van der Waals surface area contributed by atoms with Crippen molar-refractivity contribution in [2.75, 3.05) is 26.2 Å². The van der Waals surface area contributed by atoms with Crippen molar-refractivity contribution >= 4 is 18.2 Å². The van der Waals surface area contributed by atoms with Crippen molar-refractivity contribution in [3.8, 4) is 0 Å². The van der Waals surface area contributed by atoms with E-state index in [9.17, 15) is 0 Å². The van der Waals surface area contributed by atoms with Crippen molar-refractivity contribution in [3.05, 3.63) is 60.7 Å². The molecule has 0 amide bonds. The van der Waals surface area contributed by atoms with Crippen molar-refractivity contribution in [1.82, 2.24) is 9.34 Å². The highest BCUT2D eigenvalue weighted by Crippen LogP contribution is 2.63. The molecule has 0 heterocycles. The fourth-order valence-electron chi connectivity index (χ4n) is 4.42. The zero-order valence-electron chi connectivity index (χ0n) is 20.6. The van der Waals surface area contributed by atoms with Crippen molar-refractivity contribution in [3.63, 3.8) is 0 Å². The van der Waals surface area contributed by atoms with Gasteiger partial charge < -0.3 is 0 Å². The van der Waals surface area contributed by atoms with Gasteiger partial charge in [0.25, 0.3) is 0 Å². The van der Waals surface area contributed by atoms with Gasteiger partial charge in [-0.05, 0) is 49.9 Å². The Morgan fingerprint density at radius 3 is 1.03 bits per heavy atom. The molecule has 0 bridgehead atoms. The molecule has 2 rings (SSSR count). The van der Waals surface area contributed by atoms with Gasteiger partial charge >= 0.3 is 0 Å². The van der Waals surface area contributed by atoms with E-state index in [-0.39, 0.29) is 0 Å². The summed E-state index contributed by atoms with van der Waals surface area (Å²) in [5.74, 6) is 0. The topological polar surface area (TPSA) is 6.48 Å². The van der Waals surface area contributed by atoms with Crippen LogP contribution in [0.3, 0.4) is 0 Å². The summed E-state index contributed by atoms with van der Waals surface area (Å²) in [6.07, 6.45) is 10.0. The molecule has 0 N–H and O–H groups in total. The molecule has 3 heteroatoms. The van der Waals surface area contributed by atoms with Gasteiger partial charge in [-0.25, -0.2) is 0 Å². The molecular weight excluding hydrogens is 395 g/mol. The Kier molecular flexibility index (Phi) is 12.4. The minimum Gasteiger partial charge on any atom is -0.154 e. The molecule has 0 atom stereocenters. The van der Waals surface area contributed by atoms with E-state index >= 15 is 0 Å². The van der Waals surface area contributed by atoms with Crippen LogP contribution in [0.2, 0.25) is 0 Å². The molecule has 0 saturated heterocycles. The van der Waals surface area contributed by atoms with E-state index in [1.54, 1.807) is 0 Å². The lowest BCUT2D eigenvalue weighted by Crippen LogP contribution is -2.48. The van der Waals surface area contributed by atoms with Crippen LogP contribution < -0.4 is 10.6 Å².